The Morgan fingerprint density at radius 3 is 2.39 bits per heavy atom. The zero-order chi connectivity index (χ0) is 13.0. The Labute approximate surface area is 114 Å². The minimum Gasteiger partial charge on any atom is -0.316 e. The molecule has 1 atom stereocenters. The highest BCUT2D eigenvalue weighted by Gasteiger charge is 2.37. The lowest BCUT2D eigenvalue weighted by Crippen LogP contribution is -2.43. The van der Waals surface area contributed by atoms with E-state index in [4.69, 9.17) is 0 Å². The van der Waals surface area contributed by atoms with Gasteiger partial charge in [0, 0.05) is 25.7 Å². The number of hydrogen-bond acceptors (Lipinski definition) is 2. The maximum absolute atomic E-state index is 3.63. The molecule has 2 aliphatic rings. The minimum absolute atomic E-state index is 0.465. The summed E-state index contributed by atoms with van der Waals surface area (Å²) in [6.07, 6.45) is 8.41. The first-order valence-electron chi connectivity index (χ1n) is 8.11. The predicted molar refractivity (Wildman–Crippen MR) is 78.9 cm³/mol. The summed E-state index contributed by atoms with van der Waals surface area (Å²) in [6, 6.07) is 0.933. The van der Waals surface area contributed by atoms with Gasteiger partial charge in [0.2, 0.25) is 0 Å². The molecule has 106 valence electrons. The van der Waals surface area contributed by atoms with E-state index >= 15 is 0 Å². The van der Waals surface area contributed by atoms with Gasteiger partial charge in [-0.25, -0.2) is 0 Å². The molecule has 0 heterocycles. The number of nitrogens with zero attached hydrogens (tertiary/aromatic N) is 1. The summed E-state index contributed by atoms with van der Waals surface area (Å²) < 4.78 is 0. The molecular formula is C16H32N2. The van der Waals surface area contributed by atoms with Gasteiger partial charge in [-0.1, -0.05) is 20.8 Å². The normalized spacial score (nSPS) is 23.3. The van der Waals surface area contributed by atoms with Gasteiger partial charge in [-0.2, -0.15) is 0 Å². The zero-order valence-electron chi connectivity index (χ0n) is 12.7. The van der Waals surface area contributed by atoms with E-state index in [0.29, 0.717) is 5.41 Å². The average molecular weight is 252 g/mol. The van der Waals surface area contributed by atoms with Crippen molar-refractivity contribution in [2.45, 2.75) is 65.3 Å². The van der Waals surface area contributed by atoms with Crippen LogP contribution in [0, 0.1) is 11.3 Å². The molecule has 0 aromatic carbocycles. The standard InChI is InChI=1S/C16H32N2/c1-4-10-17-12-16(3,5-2)13-18(15-8-9-15)11-14-6-7-14/h14-15,17H,4-13H2,1-3H3. The summed E-state index contributed by atoms with van der Waals surface area (Å²) in [5, 5.41) is 3.63. The van der Waals surface area contributed by atoms with Crippen LogP contribution in [0.5, 0.6) is 0 Å². The zero-order valence-corrected chi connectivity index (χ0v) is 12.7. The van der Waals surface area contributed by atoms with Gasteiger partial charge in [-0.05, 0) is 56.4 Å². The SMILES string of the molecule is CCCNCC(C)(CC)CN(CC1CC1)C1CC1. The van der Waals surface area contributed by atoms with Crippen LogP contribution in [0.1, 0.15) is 59.3 Å². The van der Waals surface area contributed by atoms with Crippen molar-refractivity contribution in [3.8, 4) is 0 Å². The van der Waals surface area contributed by atoms with E-state index in [1.54, 1.807) is 0 Å². The number of rotatable bonds is 10. The highest BCUT2D eigenvalue weighted by molar-refractivity contribution is 4.92. The smallest absolute Gasteiger partial charge is 0.00967 e. The lowest BCUT2D eigenvalue weighted by Gasteiger charge is -2.35. The van der Waals surface area contributed by atoms with E-state index in [1.807, 2.05) is 0 Å². The maximum Gasteiger partial charge on any atom is 0.00967 e. The molecule has 0 bridgehead atoms. The molecule has 18 heavy (non-hydrogen) atoms. The Morgan fingerprint density at radius 2 is 1.89 bits per heavy atom. The molecule has 0 spiro atoms. The largest absolute Gasteiger partial charge is 0.316 e. The summed E-state index contributed by atoms with van der Waals surface area (Å²) in [5.41, 5.74) is 0.465. The topological polar surface area (TPSA) is 15.3 Å². The van der Waals surface area contributed by atoms with Crippen molar-refractivity contribution in [1.82, 2.24) is 10.2 Å². The second-order valence-corrected chi connectivity index (χ2v) is 6.94. The molecule has 2 rings (SSSR count). The molecule has 1 N–H and O–H groups in total. The number of hydrogen-bond donors (Lipinski definition) is 1. The first-order valence-corrected chi connectivity index (χ1v) is 8.11. The second-order valence-electron chi connectivity index (χ2n) is 6.94. The van der Waals surface area contributed by atoms with Crippen LogP contribution in [-0.2, 0) is 0 Å². The maximum atomic E-state index is 3.63. The molecule has 0 aromatic rings. The quantitative estimate of drug-likeness (QED) is 0.600. The van der Waals surface area contributed by atoms with Crippen LogP contribution in [0.15, 0.2) is 0 Å². The molecule has 0 aromatic heterocycles. The van der Waals surface area contributed by atoms with Gasteiger partial charge < -0.3 is 5.32 Å². The van der Waals surface area contributed by atoms with Gasteiger partial charge >= 0.3 is 0 Å². The third-order valence-electron chi connectivity index (χ3n) is 4.67. The van der Waals surface area contributed by atoms with Crippen LogP contribution in [0.3, 0.4) is 0 Å². The molecule has 2 nitrogen and oxygen atoms in total. The van der Waals surface area contributed by atoms with Crippen molar-refractivity contribution >= 4 is 0 Å². The molecule has 1 unspecified atom stereocenters. The summed E-state index contributed by atoms with van der Waals surface area (Å²) in [6.45, 7) is 12.1. The predicted octanol–water partition coefficient (Wildman–Crippen LogP) is 3.28. The molecule has 2 aliphatic carbocycles. The Bertz CT molecular complexity index is 245. The van der Waals surface area contributed by atoms with Crippen LogP contribution in [-0.4, -0.2) is 37.1 Å². The second kappa shape index (κ2) is 6.38. The fraction of sp³-hybridized carbons (Fsp3) is 1.00. The monoisotopic (exact) mass is 252 g/mol. The molecule has 0 radical (unpaired) electrons. The van der Waals surface area contributed by atoms with Crippen molar-refractivity contribution in [2.75, 3.05) is 26.2 Å². The first-order chi connectivity index (χ1) is 8.67. The first kappa shape index (κ1) is 14.3. The van der Waals surface area contributed by atoms with E-state index in [-0.39, 0.29) is 0 Å². The average Bonchev–Trinajstić information content (AvgIpc) is 3.21. The van der Waals surface area contributed by atoms with Crippen LogP contribution < -0.4 is 5.32 Å². The molecule has 2 saturated carbocycles. The number of nitrogens with one attached hydrogen (secondary N) is 1. The van der Waals surface area contributed by atoms with Crippen molar-refractivity contribution in [1.29, 1.82) is 0 Å². The van der Waals surface area contributed by atoms with Crippen LogP contribution in [0.2, 0.25) is 0 Å². The van der Waals surface area contributed by atoms with Crippen LogP contribution >= 0.6 is 0 Å². The summed E-state index contributed by atoms with van der Waals surface area (Å²) in [4.78, 5) is 2.81. The van der Waals surface area contributed by atoms with Gasteiger partial charge in [0.25, 0.3) is 0 Å². The summed E-state index contributed by atoms with van der Waals surface area (Å²) >= 11 is 0. The van der Waals surface area contributed by atoms with Crippen LogP contribution in [0.25, 0.3) is 0 Å². The van der Waals surface area contributed by atoms with Gasteiger partial charge in [-0.3, -0.25) is 4.90 Å². The molecule has 0 aliphatic heterocycles. The molecule has 2 fully saturated rings. The highest BCUT2D eigenvalue weighted by Crippen LogP contribution is 2.37. The van der Waals surface area contributed by atoms with E-state index in [9.17, 15) is 0 Å². The van der Waals surface area contributed by atoms with Crippen LogP contribution in [0.4, 0.5) is 0 Å². The van der Waals surface area contributed by atoms with Gasteiger partial charge in [0.15, 0.2) is 0 Å². The van der Waals surface area contributed by atoms with E-state index in [0.717, 1.165) is 12.0 Å². The molecule has 0 amide bonds. The Hall–Kier alpha value is -0.0800. The fourth-order valence-corrected chi connectivity index (χ4v) is 2.76. The third-order valence-corrected chi connectivity index (χ3v) is 4.67. The summed E-state index contributed by atoms with van der Waals surface area (Å²) in [5.74, 6) is 1.04. The lowest BCUT2D eigenvalue weighted by molar-refractivity contribution is 0.143. The van der Waals surface area contributed by atoms with E-state index in [2.05, 4.69) is 31.0 Å². The Kier molecular flexibility index (Phi) is 5.08. The molecule has 0 saturated heterocycles. The third kappa shape index (κ3) is 4.55. The van der Waals surface area contributed by atoms with Crippen molar-refractivity contribution in [2.24, 2.45) is 11.3 Å². The van der Waals surface area contributed by atoms with E-state index < -0.39 is 0 Å². The molecular weight excluding hydrogens is 220 g/mol. The van der Waals surface area contributed by atoms with Crippen molar-refractivity contribution in [3.63, 3.8) is 0 Å². The fourth-order valence-electron chi connectivity index (χ4n) is 2.76. The van der Waals surface area contributed by atoms with Crippen molar-refractivity contribution in [3.05, 3.63) is 0 Å². The summed E-state index contributed by atoms with van der Waals surface area (Å²) in [7, 11) is 0. The van der Waals surface area contributed by atoms with Gasteiger partial charge in [0.1, 0.15) is 0 Å². The van der Waals surface area contributed by atoms with Gasteiger partial charge in [0.05, 0.1) is 0 Å². The highest BCUT2D eigenvalue weighted by atomic mass is 15.2. The van der Waals surface area contributed by atoms with Crippen molar-refractivity contribution < 1.29 is 0 Å². The Balaban J connectivity index is 1.80. The molecule has 2 heteroatoms. The minimum atomic E-state index is 0.465. The Morgan fingerprint density at radius 1 is 1.17 bits per heavy atom. The van der Waals surface area contributed by atoms with E-state index in [1.165, 1.54) is 64.7 Å². The lowest BCUT2D eigenvalue weighted by atomic mass is 9.86. The van der Waals surface area contributed by atoms with Gasteiger partial charge in [-0.15, -0.1) is 0 Å².